The lowest BCUT2D eigenvalue weighted by molar-refractivity contribution is 0.102. The van der Waals surface area contributed by atoms with Crippen LogP contribution in [0, 0.1) is 6.92 Å². The molecule has 5 nitrogen and oxygen atoms in total. The zero-order valence-electron chi connectivity index (χ0n) is 9.71. The highest BCUT2D eigenvalue weighted by Crippen LogP contribution is 2.24. The third-order valence-corrected chi connectivity index (χ3v) is 2.54. The summed E-state index contributed by atoms with van der Waals surface area (Å²) in [5.41, 5.74) is 1.35. The van der Waals surface area contributed by atoms with E-state index in [2.05, 4.69) is 10.3 Å². The number of pyridine rings is 1. The lowest BCUT2D eigenvalue weighted by Crippen LogP contribution is -2.12. The van der Waals surface area contributed by atoms with Crippen LogP contribution in [-0.2, 0) is 0 Å². The third kappa shape index (κ3) is 2.40. The van der Waals surface area contributed by atoms with Crippen molar-refractivity contribution in [3.05, 3.63) is 47.8 Å². The number of phenolic OH excluding ortho intramolecular Hbond substituents is 1. The lowest BCUT2D eigenvalue weighted by atomic mass is 10.1. The first-order chi connectivity index (χ1) is 8.58. The van der Waals surface area contributed by atoms with Crippen LogP contribution in [0.1, 0.15) is 15.9 Å². The summed E-state index contributed by atoms with van der Waals surface area (Å²) in [7, 11) is 0. The van der Waals surface area contributed by atoms with E-state index < -0.39 is 5.91 Å². The molecule has 0 aliphatic heterocycles. The Morgan fingerprint density at radius 1 is 1.28 bits per heavy atom. The number of carbonyl (C=O) groups is 1. The number of nitrogens with zero attached hydrogens (tertiary/aromatic N) is 1. The Kier molecular flexibility index (Phi) is 3.14. The average Bonchev–Trinajstić information content (AvgIpc) is 2.35. The molecule has 0 aliphatic rings. The maximum absolute atomic E-state index is 11.9. The summed E-state index contributed by atoms with van der Waals surface area (Å²) in [5, 5.41) is 21.4. The Labute approximate surface area is 104 Å². The van der Waals surface area contributed by atoms with Crippen LogP contribution in [0.2, 0.25) is 0 Å². The van der Waals surface area contributed by atoms with Gasteiger partial charge in [0.15, 0.2) is 0 Å². The molecule has 2 rings (SSSR count). The van der Waals surface area contributed by atoms with Crippen molar-refractivity contribution in [2.75, 3.05) is 5.32 Å². The zero-order valence-corrected chi connectivity index (χ0v) is 9.71. The van der Waals surface area contributed by atoms with Gasteiger partial charge in [-0.05, 0) is 25.1 Å². The summed E-state index contributed by atoms with van der Waals surface area (Å²) < 4.78 is 0. The van der Waals surface area contributed by atoms with Crippen LogP contribution in [0.3, 0.4) is 0 Å². The molecule has 1 aromatic carbocycles. The van der Waals surface area contributed by atoms with Gasteiger partial charge in [-0.3, -0.25) is 9.78 Å². The molecule has 0 atom stereocenters. The van der Waals surface area contributed by atoms with Crippen molar-refractivity contribution in [2.45, 2.75) is 6.92 Å². The number of nitrogens with one attached hydrogen (secondary N) is 1. The lowest BCUT2D eigenvalue weighted by Gasteiger charge is -2.09. The molecule has 1 aromatic heterocycles. The van der Waals surface area contributed by atoms with Gasteiger partial charge >= 0.3 is 0 Å². The molecule has 0 aliphatic carbocycles. The molecule has 0 bridgehead atoms. The van der Waals surface area contributed by atoms with E-state index in [1.165, 1.54) is 18.5 Å². The second-order valence-electron chi connectivity index (χ2n) is 3.84. The second-order valence-corrected chi connectivity index (χ2v) is 3.84. The number of anilines is 1. The number of hydrogen-bond acceptors (Lipinski definition) is 4. The van der Waals surface area contributed by atoms with E-state index in [0.29, 0.717) is 11.3 Å². The van der Waals surface area contributed by atoms with E-state index in [9.17, 15) is 15.0 Å². The Balaban J connectivity index is 2.24. The van der Waals surface area contributed by atoms with E-state index in [-0.39, 0.29) is 17.1 Å². The Hall–Kier alpha value is -2.56. The van der Waals surface area contributed by atoms with Crippen LogP contribution >= 0.6 is 0 Å². The summed E-state index contributed by atoms with van der Waals surface area (Å²) in [6.45, 7) is 1.70. The SMILES string of the molecule is Cc1c(O)cccc1NC(=O)c1cncc(O)c1. The Morgan fingerprint density at radius 2 is 2.06 bits per heavy atom. The molecule has 5 heteroatoms. The molecule has 18 heavy (non-hydrogen) atoms. The molecule has 0 saturated heterocycles. The quantitative estimate of drug-likeness (QED) is 0.755. The minimum absolute atomic E-state index is 0.0738. The number of aromatic nitrogens is 1. The second kappa shape index (κ2) is 4.75. The van der Waals surface area contributed by atoms with Gasteiger partial charge in [0.25, 0.3) is 5.91 Å². The average molecular weight is 244 g/mol. The Bertz CT molecular complexity index is 597. The van der Waals surface area contributed by atoms with Crippen molar-refractivity contribution < 1.29 is 15.0 Å². The number of amides is 1. The molecule has 3 N–H and O–H groups in total. The van der Waals surface area contributed by atoms with Crippen molar-refractivity contribution in [3.8, 4) is 11.5 Å². The fourth-order valence-electron chi connectivity index (χ4n) is 1.51. The molecule has 0 saturated carbocycles. The van der Waals surface area contributed by atoms with E-state index in [1.54, 1.807) is 25.1 Å². The maximum Gasteiger partial charge on any atom is 0.257 e. The van der Waals surface area contributed by atoms with Crippen LogP contribution in [0.5, 0.6) is 11.5 Å². The molecule has 1 heterocycles. The maximum atomic E-state index is 11.9. The first-order valence-electron chi connectivity index (χ1n) is 5.32. The van der Waals surface area contributed by atoms with E-state index in [4.69, 9.17) is 0 Å². The van der Waals surface area contributed by atoms with Gasteiger partial charge in [-0.25, -0.2) is 0 Å². The highest BCUT2D eigenvalue weighted by molar-refractivity contribution is 6.04. The van der Waals surface area contributed by atoms with E-state index in [1.807, 2.05) is 0 Å². The predicted octanol–water partition coefficient (Wildman–Crippen LogP) is 2.05. The van der Waals surface area contributed by atoms with Gasteiger partial charge in [0.2, 0.25) is 0 Å². The largest absolute Gasteiger partial charge is 0.508 e. The Morgan fingerprint density at radius 3 is 2.78 bits per heavy atom. The third-order valence-electron chi connectivity index (χ3n) is 2.54. The number of rotatable bonds is 2. The number of benzene rings is 1. The molecule has 0 fully saturated rings. The van der Waals surface area contributed by atoms with Crippen LogP contribution in [0.4, 0.5) is 5.69 Å². The molecule has 2 aromatic rings. The van der Waals surface area contributed by atoms with Gasteiger partial charge in [-0.2, -0.15) is 0 Å². The van der Waals surface area contributed by atoms with Gasteiger partial charge in [0, 0.05) is 17.4 Å². The summed E-state index contributed by atoms with van der Waals surface area (Å²) >= 11 is 0. The van der Waals surface area contributed by atoms with Crippen LogP contribution < -0.4 is 5.32 Å². The molecule has 0 spiro atoms. The molecular formula is C13H12N2O3. The first-order valence-corrected chi connectivity index (χ1v) is 5.32. The van der Waals surface area contributed by atoms with Crippen molar-refractivity contribution in [3.63, 3.8) is 0 Å². The predicted molar refractivity (Wildman–Crippen MR) is 66.7 cm³/mol. The highest BCUT2D eigenvalue weighted by atomic mass is 16.3. The number of aromatic hydroxyl groups is 2. The van der Waals surface area contributed by atoms with Gasteiger partial charge < -0.3 is 15.5 Å². The van der Waals surface area contributed by atoms with Gasteiger partial charge in [-0.15, -0.1) is 0 Å². The first kappa shape index (κ1) is 11.9. The normalized spacial score (nSPS) is 10.1. The van der Waals surface area contributed by atoms with E-state index in [0.717, 1.165) is 0 Å². The van der Waals surface area contributed by atoms with Crippen molar-refractivity contribution in [2.24, 2.45) is 0 Å². The molecule has 1 amide bonds. The summed E-state index contributed by atoms with van der Waals surface area (Å²) in [4.78, 5) is 15.6. The van der Waals surface area contributed by atoms with Crippen molar-refractivity contribution >= 4 is 11.6 Å². The van der Waals surface area contributed by atoms with Gasteiger partial charge in [0.05, 0.1) is 11.8 Å². The highest BCUT2D eigenvalue weighted by Gasteiger charge is 2.10. The number of carbonyl (C=O) groups excluding carboxylic acids is 1. The zero-order chi connectivity index (χ0) is 13.1. The molecule has 0 radical (unpaired) electrons. The topological polar surface area (TPSA) is 82.5 Å². The minimum Gasteiger partial charge on any atom is -0.508 e. The van der Waals surface area contributed by atoms with Gasteiger partial charge in [0.1, 0.15) is 11.5 Å². The fraction of sp³-hybridized carbons (Fsp3) is 0.0769. The monoisotopic (exact) mass is 244 g/mol. The van der Waals surface area contributed by atoms with Gasteiger partial charge in [-0.1, -0.05) is 6.07 Å². The molecule has 92 valence electrons. The summed E-state index contributed by atoms with van der Waals surface area (Å²) in [5.74, 6) is -0.357. The van der Waals surface area contributed by atoms with E-state index >= 15 is 0 Å². The van der Waals surface area contributed by atoms with Crippen LogP contribution in [0.15, 0.2) is 36.7 Å². The smallest absolute Gasteiger partial charge is 0.257 e. The summed E-state index contributed by atoms with van der Waals surface area (Å²) in [6.07, 6.45) is 2.60. The fourth-order valence-corrected chi connectivity index (χ4v) is 1.51. The van der Waals surface area contributed by atoms with Crippen molar-refractivity contribution in [1.82, 2.24) is 4.98 Å². The van der Waals surface area contributed by atoms with Crippen LogP contribution in [0.25, 0.3) is 0 Å². The van der Waals surface area contributed by atoms with Crippen molar-refractivity contribution in [1.29, 1.82) is 0 Å². The molecular weight excluding hydrogens is 232 g/mol. The van der Waals surface area contributed by atoms with Crippen LogP contribution in [-0.4, -0.2) is 21.1 Å². The number of hydrogen-bond donors (Lipinski definition) is 3. The minimum atomic E-state index is -0.396. The standard InChI is InChI=1S/C13H12N2O3/c1-8-11(3-2-4-12(8)17)15-13(18)9-5-10(16)7-14-6-9/h2-7,16-17H,1H3,(H,15,18). The summed E-state index contributed by atoms with van der Waals surface area (Å²) in [6, 6.07) is 6.18. The molecule has 0 unspecified atom stereocenters. The number of phenols is 1.